The maximum Gasteiger partial charge on any atom is 1.00 e. The van der Waals surface area contributed by atoms with Crippen LogP contribution in [0.25, 0.3) is 0 Å². The minimum absolute atomic E-state index is 0. The van der Waals surface area contributed by atoms with Crippen LogP contribution in [0.4, 0.5) is 11.4 Å². The standard InChI is InChI=1S/C12H8Cl2N2O4S.Na/c13-10-5-8(6-11(14)12(10)17)16-15-7-1-3-9(4-2-7)21(18,19)20;/h1-6,17H,(H,18,19,20);/q;+1/p-1. The Kier molecular flexibility index (Phi) is 6.82. The molecule has 1 N–H and O–H groups in total. The molecule has 110 valence electrons. The van der Waals surface area contributed by atoms with Crippen LogP contribution in [0.15, 0.2) is 51.5 Å². The second-order valence-electron chi connectivity index (χ2n) is 3.91. The number of azo groups is 1. The van der Waals surface area contributed by atoms with Gasteiger partial charge in [-0.25, -0.2) is 0 Å². The zero-order valence-electron chi connectivity index (χ0n) is 11.2. The molecule has 0 unspecified atom stereocenters. The van der Waals surface area contributed by atoms with Gasteiger partial charge in [0.1, 0.15) is 0 Å². The van der Waals surface area contributed by atoms with E-state index in [1.54, 1.807) is 0 Å². The monoisotopic (exact) mass is 368 g/mol. The predicted octanol–water partition coefficient (Wildman–Crippen LogP) is 0.733. The molecule has 0 aliphatic carbocycles. The van der Waals surface area contributed by atoms with E-state index in [1.807, 2.05) is 0 Å². The van der Waals surface area contributed by atoms with Crippen molar-refractivity contribution in [3.63, 3.8) is 0 Å². The molecule has 0 amide bonds. The largest absolute Gasteiger partial charge is 1.00 e. The molecule has 10 heteroatoms. The van der Waals surface area contributed by atoms with Gasteiger partial charge in [0.15, 0.2) is 0 Å². The number of benzene rings is 2. The second-order valence-corrected chi connectivity index (χ2v) is 6.14. The van der Waals surface area contributed by atoms with Crippen molar-refractivity contribution in [3.8, 4) is 5.75 Å². The third-order valence-corrected chi connectivity index (χ3v) is 3.83. The van der Waals surface area contributed by atoms with E-state index in [1.165, 1.54) is 36.4 Å². The molecule has 0 saturated carbocycles. The summed E-state index contributed by atoms with van der Waals surface area (Å²) in [6.45, 7) is 0. The van der Waals surface area contributed by atoms with Gasteiger partial charge in [-0.3, -0.25) is 4.55 Å². The number of hydrogen-bond acceptors (Lipinski definition) is 5. The second kappa shape index (κ2) is 7.74. The van der Waals surface area contributed by atoms with Gasteiger partial charge in [-0.2, -0.15) is 18.6 Å². The third kappa shape index (κ3) is 4.92. The average molecular weight is 369 g/mol. The van der Waals surface area contributed by atoms with Gasteiger partial charge < -0.3 is 5.11 Å². The van der Waals surface area contributed by atoms with E-state index < -0.39 is 15.9 Å². The van der Waals surface area contributed by atoms with Crippen molar-refractivity contribution >= 4 is 44.7 Å². The first kappa shape index (κ1) is 19.4. The summed E-state index contributed by atoms with van der Waals surface area (Å²) in [6, 6.07) is 7.71. The van der Waals surface area contributed by atoms with Crippen LogP contribution in [0.1, 0.15) is 0 Å². The number of nitrogens with zero attached hydrogens (tertiary/aromatic N) is 2. The van der Waals surface area contributed by atoms with Crippen molar-refractivity contribution in [1.29, 1.82) is 0 Å². The van der Waals surface area contributed by atoms with Gasteiger partial charge in [0.2, 0.25) is 0 Å². The summed E-state index contributed by atoms with van der Waals surface area (Å²) in [5.74, 6) is -0.491. The van der Waals surface area contributed by atoms with Crippen LogP contribution in [-0.4, -0.2) is 13.0 Å². The molecule has 2 aromatic carbocycles. The van der Waals surface area contributed by atoms with Crippen LogP contribution in [0.2, 0.25) is 10.0 Å². The first-order valence-electron chi connectivity index (χ1n) is 5.43. The zero-order chi connectivity index (χ0) is 15.6. The quantitative estimate of drug-likeness (QED) is 0.490. The smallest absolute Gasteiger partial charge is 0.870 e. The fraction of sp³-hybridized carbons (Fsp3) is 0. The molecule has 2 rings (SSSR count). The Bertz CT molecular complexity index is 787. The summed E-state index contributed by atoms with van der Waals surface area (Å²) in [6.07, 6.45) is 0. The number of rotatable bonds is 3. The molecule has 0 fully saturated rings. The maximum atomic E-state index is 11.3. The van der Waals surface area contributed by atoms with E-state index >= 15 is 0 Å². The van der Waals surface area contributed by atoms with Crippen molar-refractivity contribution < 1.29 is 47.6 Å². The predicted molar refractivity (Wildman–Crippen MR) is 76.3 cm³/mol. The van der Waals surface area contributed by atoms with Gasteiger partial charge in [-0.1, -0.05) is 29.0 Å². The SMILES string of the molecule is O=S(=O)(O)c1ccc(N=Nc2cc(Cl)c([O-])c(Cl)c2)cc1.[Na+]. The average Bonchev–Trinajstić information content (AvgIpc) is 2.42. The Morgan fingerprint density at radius 1 is 0.955 bits per heavy atom. The van der Waals surface area contributed by atoms with E-state index in [0.717, 1.165) is 0 Å². The summed E-state index contributed by atoms with van der Waals surface area (Å²) in [4.78, 5) is -0.247. The molecular formula is C12H7Cl2N2NaO4S. The van der Waals surface area contributed by atoms with Gasteiger partial charge in [0, 0.05) is 10.0 Å². The molecule has 0 aliphatic heterocycles. The Hall–Kier alpha value is -0.670. The van der Waals surface area contributed by atoms with E-state index in [-0.39, 0.29) is 50.2 Å². The van der Waals surface area contributed by atoms with Crippen molar-refractivity contribution in [2.75, 3.05) is 0 Å². The molecule has 0 saturated heterocycles. The molecule has 0 heterocycles. The van der Waals surface area contributed by atoms with Gasteiger partial charge in [0.25, 0.3) is 10.1 Å². The number of hydrogen-bond donors (Lipinski definition) is 1. The first-order chi connectivity index (χ1) is 9.77. The van der Waals surface area contributed by atoms with Crippen LogP contribution in [0, 0.1) is 0 Å². The normalized spacial score (nSPS) is 11.4. The van der Waals surface area contributed by atoms with E-state index in [9.17, 15) is 13.5 Å². The zero-order valence-corrected chi connectivity index (χ0v) is 15.5. The molecule has 0 spiro atoms. The fourth-order valence-electron chi connectivity index (χ4n) is 1.40. The minimum atomic E-state index is -4.24. The van der Waals surface area contributed by atoms with Gasteiger partial charge >= 0.3 is 29.6 Å². The van der Waals surface area contributed by atoms with Crippen LogP contribution < -0.4 is 34.7 Å². The van der Waals surface area contributed by atoms with Crippen molar-refractivity contribution in [1.82, 2.24) is 0 Å². The third-order valence-electron chi connectivity index (χ3n) is 2.40. The van der Waals surface area contributed by atoms with Crippen molar-refractivity contribution in [2.45, 2.75) is 4.90 Å². The summed E-state index contributed by atoms with van der Waals surface area (Å²) in [7, 11) is -4.24. The van der Waals surface area contributed by atoms with E-state index in [4.69, 9.17) is 27.8 Å². The Labute approximate surface area is 158 Å². The molecule has 0 bridgehead atoms. The molecule has 22 heavy (non-hydrogen) atoms. The summed E-state index contributed by atoms with van der Waals surface area (Å²) in [5.41, 5.74) is 0.629. The van der Waals surface area contributed by atoms with Gasteiger partial charge in [0.05, 0.1) is 16.3 Å². The number of halogens is 2. The van der Waals surface area contributed by atoms with Crippen LogP contribution in [-0.2, 0) is 10.1 Å². The summed E-state index contributed by atoms with van der Waals surface area (Å²) < 4.78 is 30.6. The molecule has 0 atom stereocenters. The summed E-state index contributed by atoms with van der Waals surface area (Å²) in [5, 5.41) is 18.8. The van der Waals surface area contributed by atoms with Crippen LogP contribution in [0.3, 0.4) is 0 Å². The maximum absolute atomic E-state index is 11.3. The molecule has 6 nitrogen and oxygen atoms in total. The Morgan fingerprint density at radius 3 is 1.86 bits per heavy atom. The fourth-order valence-corrected chi connectivity index (χ4v) is 2.36. The van der Waals surface area contributed by atoms with Crippen molar-refractivity contribution in [3.05, 3.63) is 46.4 Å². The van der Waals surface area contributed by atoms with Gasteiger partial charge in [-0.15, -0.1) is 0 Å². The molecular weight excluding hydrogens is 362 g/mol. The molecule has 0 aliphatic rings. The van der Waals surface area contributed by atoms with Gasteiger partial charge in [-0.05, 0) is 36.4 Å². The Morgan fingerprint density at radius 2 is 1.41 bits per heavy atom. The molecule has 2 aromatic rings. The van der Waals surface area contributed by atoms with E-state index in [2.05, 4.69) is 10.2 Å². The minimum Gasteiger partial charge on any atom is -0.870 e. The molecule has 0 aromatic heterocycles. The Balaban J connectivity index is 0.00000242. The van der Waals surface area contributed by atoms with Crippen LogP contribution >= 0.6 is 23.2 Å². The topological polar surface area (TPSA) is 102 Å². The first-order valence-corrected chi connectivity index (χ1v) is 7.62. The molecule has 0 radical (unpaired) electrons. The van der Waals surface area contributed by atoms with Crippen LogP contribution in [0.5, 0.6) is 5.75 Å². The van der Waals surface area contributed by atoms with E-state index in [0.29, 0.717) is 5.69 Å². The summed E-state index contributed by atoms with van der Waals surface area (Å²) >= 11 is 11.4. The van der Waals surface area contributed by atoms with Crippen molar-refractivity contribution in [2.24, 2.45) is 10.2 Å².